The minimum Gasteiger partial charge on any atom is -0.312 e. The Morgan fingerprint density at radius 1 is 1.44 bits per heavy atom. The fourth-order valence-electron chi connectivity index (χ4n) is 2.85. The second-order valence-corrected chi connectivity index (χ2v) is 6.56. The van der Waals surface area contributed by atoms with Gasteiger partial charge in [-0.2, -0.15) is 4.98 Å². The summed E-state index contributed by atoms with van der Waals surface area (Å²) in [6, 6.07) is 3.73. The SMILES string of the molecule is C=CCSc1nc(=O)c2c(n1C)NC(=O)C[C@@H]2c1cccc(F)c1F. The van der Waals surface area contributed by atoms with Crippen molar-refractivity contribution in [2.45, 2.75) is 17.5 Å². The lowest BCUT2D eigenvalue weighted by Crippen LogP contribution is -2.34. The number of carbonyl (C=O) groups excluding carboxylic acids is 1. The summed E-state index contributed by atoms with van der Waals surface area (Å²) in [6.07, 6.45) is 1.52. The van der Waals surface area contributed by atoms with Gasteiger partial charge in [-0.25, -0.2) is 8.78 Å². The molecule has 3 rings (SSSR count). The monoisotopic (exact) mass is 363 g/mol. The molecule has 25 heavy (non-hydrogen) atoms. The van der Waals surface area contributed by atoms with Crippen LogP contribution in [0.15, 0.2) is 40.8 Å². The van der Waals surface area contributed by atoms with Gasteiger partial charge in [-0.1, -0.05) is 30.0 Å². The molecule has 0 aliphatic carbocycles. The number of carbonyl (C=O) groups is 1. The van der Waals surface area contributed by atoms with Gasteiger partial charge in [0.2, 0.25) is 5.91 Å². The van der Waals surface area contributed by atoms with Crippen molar-refractivity contribution in [3.63, 3.8) is 0 Å². The van der Waals surface area contributed by atoms with Crippen LogP contribution in [-0.2, 0) is 11.8 Å². The van der Waals surface area contributed by atoms with Crippen molar-refractivity contribution >= 4 is 23.5 Å². The van der Waals surface area contributed by atoms with Crippen LogP contribution < -0.4 is 10.9 Å². The van der Waals surface area contributed by atoms with E-state index in [1.54, 1.807) is 17.7 Å². The molecule has 8 heteroatoms. The quantitative estimate of drug-likeness (QED) is 0.515. The summed E-state index contributed by atoms with van der Waals surface area (Å²) in [6.45, 7) is 3.61. The largest absolute Gasteiger partial charge is 0.312 e. The van der Waals surface area contributed by atoms with E-state index in [-0.39, 0.29) is 29.3 Å². The maximum Gasteiger partial charge on any atom is 0.279 e. The number of thioether (sulfide) groups is 1. The Hall–Kier alpha value is -2.48. The van der Waals surface area contributed by atoms with E-state index in [2.05, 4.69) is 16.9 Å². The standard InChI is InChI=1S/C17H15F2N3O2S/c1-3-7-25-17-21-16(24)13-10(8-12(23)20-15(13)22(17)2)9-5-4-6-11(18)14(9)19/h3-6,10H,1,7-8H2,2H3,(H,20,23)/t10-/m1/s1. The lowest BCUT2D eigenvalue weighted by atomic mass is 9.86. The highest BCUT2D eigenvalue weighted by molar-refractivity contribution is 7.99. The smallest absolute Gasteiger partial charge is 0.279 e. The highest BCUT2D eigenvalue weighted by atomic mass is 32.2. The molecular weight excluding hydrogens is 348 g/mol. The van der Waals surface area contributed by atoms with Gasteiger partial charge in [0.15, 0.2) is 16.8 Å². The van der Waals surface area contributed by atoms with Crippen LogP contribution in [0.1, 0.15) is 23.5 Å². The number of benzene rings is 1. The molecule has 2 heterocycles. The maximum atomic E-state index is 14.2. The van der Waals surface area contributed by atoms with E-state index in [9.17, 15) is 18.4 Å². The van der Waals surface area contributed by atoms with E-state index in [0.29, 0.717) is 10.9 Å². The molecule has 1 amide bonds. The Bertz CT molecular complexity index is 927. The number of nitrogens with zero attached hydrogens (tertiary/aromatic N) is 2. The van der Waals surface area contributed by atoms with Gasteiger partial charge in [-0.3, -0.25) is 9.59 Å². The molecule has 0 spiro atoms. The number of hydrogen-bond donors (Lipinski definition) is 1. The first-order chi connectivity index (χ1) is 11.9. The molecule has 0 saturated heterocycles. The Labute approximate surface area is 146 Å². The van der Waals surface area contributed by atoms with Crippen molar-refractivity contribution in [1.29, 1.82) is 0 Å². The van der Waals surface area contributed by atoms with Gasteiger partial charge >= 0.3 is 0 Å². The predicted octanol–water partition coefficient (Wildman–Crippen LogP) is 2.81. The van der Waals surface area contributed by atoms with Crippen molar-refractivity contribution < 1.29 is 13.6 Å². The van der Waals surface area contributed by atoms with Crippen molar-refractivity contribution in [2.75, 3.05) is 11.1 Å². The van der Waals surface area contributed by atoms with Gasteiger partial charge in [-0.15, -0.1) is 6.58 Å². The number of anilines is 1. The third-order valence-electron chi connectivity index (χ3n) is 3.99. The molecule has 1 N–H and O–H groups in total. The third kappa shape index (κ3) is 3.09. The summed E-state index contributed by atoms with van der Waals surface area (Å²) in [5, 5.41) is 3.06. The van der Waals surface area contributed by atoms with Gasteiger partial charge < -0.3 is 9.88 Å². The molecule has 1 aliphatic heterocycles. The van der Waals surface area contributed by atoms with E-state index in [4.69, 9.17) is 0 Å². The summed E-state index contributed by atoms with van der Waals surface area (Å²) in [4.78, 5) is 28.7. The molecule has 0 unspecified atom stereocenters. The second-order valence-electron chi connectivity index (χ2n) is 5.57. The second kappa shape index (κ2) is 6.79. The Balaban J connectivity index is 2.20. The summed E-state index contributed by atoms with van der Waals surface area (Å²) >= 11 is 1.29. The van der Waals surface area contributed by atoms with Gasteiger partial charge in [0.25, 0.3) is 5.56 Å². The Kier molecular flexibility index (Phi) is 4.71. The fraction of sp³-hybridized carbons (Fsp3) is 0.235. The zero-order chi connectivity index (χ0) is 18.1. The van der Waals surface area contributed by atoms with Crippen molar-refractivity contribution in [1.82, 2.24) is 9.55 Å². The molecule has 130 valence electrons. The predicted molar refractivity (Wildman–Crippen MR) is 91.8 cm³/mol. The molecule has 1 aromatic carbocycles. The number of halogens is 2. The van der Waals surface area contributed by atoms with Crippen LogP contribution in [0.5, 0.6) is 0 Å². The van der Waals surface area contributed by atoms with Crippen LogP contribution in [0, 0.1) is 11.6 Å². The minimum absolute atomic E-state index is 0.0264. The first-order valence-electron chi connectivity index (χ1n) is 7.52. The van der Waals surface area contributed by atoms with E-state index >= 15 is 0 Å². The zero-order valence-corrected chi connectivity index (χ0v) is 14.2. The summed E-state index contributed by atoms with van der Waals surface area (Å²) in [7, 11) is 1.65. The number of hydrogen-bond acceptors (Lipinski definition) is 4. The van der Waals surface area contributed by atoms with Crippen LogP contribution in [0.3, 0.4) is 0 Å². The lowest BCUT2D eigenvalue weighted by Gasteiger charge is -2.27. The first kappa shape index (κ1) is 17.3. The van der Waals surface area contributed by atoms with Crippen LogP contribution in [-0.4, -0.2) is 21.2 Å². The highest BCUT2D eigenvalue weighted by Crippen LogP contribution is 2.37. The van der Waals surface area contributed by atoms with Crippen LogP contribution in [0.2, 0.25) is 0 Å². The molecule has 0 fully saturated rings. The molecule has 0 radical (unpaired) electrons. The molecule has 1 aromatic heterocycles. The van der Waals surface area contributed by atoms with Crippen LogP contribution in [0.4, 0.5) is 14.6 Å². The normalized spacial score (nSPS) is 16.3. The number of amides is 1. The van der Waals surface area contributed by atoms with Crippen LogP contribution in [0.25, 0.3) is 0 Å². The molecule has 2 aromatic rings. The van der Waals surface area contributed by atoms with E-state index in [0.717, 1.165) is 6.07 Å². The first-order valence-corrected chi connectivity index (χ1v) is 8.51. The number of aromatic nitrogens is 2. The third-order valence-corrected chi connectivity index (χ3v) is 5.01. The fourth-order valence-corrected chi connectivity index (χ4v) is 3.55. The van der Waals surface area contributed by atoms with E-state index < -0.39 is 23.1 Å². The highest BCUT2D eigenvalue weighted by Gasteiger charge is 2.34. The lowest BCUT2D eigenvalue weighted by molar-refractivity contribution is -0.116. The summed E-state index contributed by atoms with van der Waals surface area (Å²) in [5.41, 5.74) is -0.427. The average molecular weight is 363 g/mol. The number of rotatable bonds is 4. The van der Waals surface area contributed by atoms with Gasteiger partial charge in [0.1, 0.15) is 5.82 Å². The maximum absolute atomic E-state index is 14.2. The zero-order valence-electron chi connectivity index (χ0n) is 13.4. The van der Waals surface area contributed by atoms with E-state index in [1.807, 2.05) is 0 Å². The van der Waals surface area contributed by atoms with E-state index in [1.165, 1.54) is 23.9 Å². The molecular formula is C17H15F2N3O2S. The molecule has 1 atom stereocenters. The van der Waals surface area contributed by atoms with Crippen molar-refractivity contribution in [2.24, 2.45) is 7.05 Å². The van der Waals surface area contributed by atoms with Crippen LogP contribution >= 0.6 is 11.8 Å². The number of fused-ring (bicyclic) bond motifs is 1. The van der Waals surface area contributed by atoms with Gasteiger partial charge in [0, 0.05) is 25.1 Å². The van der Waals surface area contributed by atoms with Gasteiger partial charge in [0.05, 0.1) is 5.56 Å². The van der Waals surface area contributed by atoms with Crippen molar-refractivity contribution in [3.8, 4) is 0 Å². The average Bonchev–Trinajstić information content (AvgIpc) is 2.58. The van der Waals surface area contributed by atoms with Crippen molar-refractivity contribution in [3.05, 3.63) is 64.0 Å². The molecule has 5 nitrogen and oxygen atoms in total. The Morgan fingerprint density at radius 2 is 2.20 bits per heavy atom. The topological polar surface area (TPSA) is 64.0 Å². The Morgan fingerprint density at radius 3 is 2.92 bits per heavy atom. The summed E-state index contributed by atoms with van der Waals surface area (Å²) in [5.74, 6) is -2.54. The number of nitrogens with one attached hydrogen (secondary N) is 1. The van der Waals surface area contributed by atoms with Gasteiger partial charge in [-0.05, 0) is 11.6 Å². The molecule has 0 bridgehead atoms. The minimum atomic E-state index is -1.06. The molecule has 1 aliphatic rings. The summed E-state index contributed by atoms with van der Waals surface area (Å²) < 4.78 is 29.4. The molecule has 0 saturated carbocycles.